The van der Waals surface area contributed by atoms with Crippen molar-refractivity contribution in [3.63, 3.8) is 0 Å². The lowest BCUT2D eigenvalue weighted by atomic mass is 10.2. The third kappa shape index (κ3) is 2.31. The van der Waals surface area contributed by atoms with Crippen LogP contribution in [0.25, 0.3) is 11.5 Å². The first-order chi connectivity index (χ1) is 7.70. The van der Waals surface area contributed by atoms with E-state index in [4.69, 9.17) is 10.3 Å². The lowest BCUT2D eigenvalue weighted by Crippen LogP contribution is -2.10. The van der Waals surface area contributed by atoms with Crippen molar-refractivity contribution in [2.24, 2.45) is 5.73 Å². The zero-order chi connectivity index (χ0) is 11.5. The van der Waals surface area contributed by atoms with Crippen molar-refractivity contribution in [3.05, 3.63) is 34.6 Å². The molecule has 1 heterocycles. The number of benzene rings is 1. The highest BCUT2D eigenvalue weighted by Gasteiger charge is 2.13. The highest BCUT2D eigenvalue weighted by molar-refractivity contribution is 9.10. The van der Waals surface area contributed by atoms with Crippen LogP contribution in [0, 0.1) is 0 Å². The Morgan fingerprint density at radius 3 is 3.00 bits per heavy atom. The average Bonchev–Trinajstić information content (AvgIpc) is 2.77. The number of halogens is 1. The van der Waals surface area contributed by atoms with E-state index >= 15 is 0 Å². The first kappa shape index (κ1) is 11.3. The molecule has 4 nitrogen and oxygen atoms in total. The zero-order valence-electron chi connectivity index (χ0n) is 8.85. The summed E-state index contributed by atoms with van der Waals surface area (Å²) in [6.07, 6.45) is 0.789. The molecular weight excluding hydrogens is 270 g/mol. The third-order valence-electron chi connectivity index (χ3n) is 2.28. The maximum Gasteiger partial charge on any atom is 0.258 e. The molecule has 0 amide bonds. The maximum absolute atomic E-state index is 5.82. The van der Waals surface area contributed by atoms with Crippen LogP contribution in [0.4, 0.5) is 0 Å². The van der Waals surface area contributed by atoms with Crippen molar-refractivity contribution >= 4 is 15.9 Å². The molecule has 0 unspecified atom stereocenters. The summed E-state index contributed by atoms with van der Waals surface area (Å²) in [4.78, 5) is 4.27. The molecule has 1 atom stereocenters. The minimum absolute atomic E-state index is 0.162. The summed E-state index contributed by atoms with van der Waals surface area (Å²) in [6.45, 7) is 1.99. The van der Waals surface area contributed by atoms with Crippen LogP contribution >= 0.6 is 15.9 Å². The SMILES string of the molecule is CC[C@H](N)c1noc(-c2cccc(Br)c2)n1. The molecule has 0 saturated carbocycles. The van der Waals surface area contributed by atoms with E-state index < -0.39 is 0 Å². The van der Waals surface area contributed by atoms with Crippen LogP contribution in [0.15, 0.2) is 33.3 Å². The summed E-state index contributed by atoms with van der Waals surface area (Å²) in [6, 6.07) is 7.54. The van der Waals surface area contributed by atoms with Crippen molar-refractivity contribution < 1.29 is 4.52 Å². The molecule has 2 rings (SSSR count). The predicted molar refractivity (Wildman–Crippen MR) is 64.7 cm³/mol. The van der Waals surface area contributed by atoms with Crippen LogP contribution in [0.2, 0.25) is 0 Å². The molecular formula is C11H12BrN3O. The number of hydrogen-bond acceptors (Lipinski definition) is 4. The van der Waals surface area contributed by atoms with E-state index in [1.54, 1.807) is 0 Å². The Bertz CT molecular complexity index is 484. The number of rotatable bonds is 3. The summed E-state index contributed by atoms with van der Waals surface area (Å²) in [5.74, 6) is 1.05. The van der Waals surface area contributed by atoms with Crippen molar-refractivity contribution in [1.82, 2.24) is 10.1 Å². The van der Waals surface area contributed by atoms with Gasteiger partial charge in [0.05, 0.1) is 6.04 Å². The van der Waals surface area contributed by atoms with Crippen LogP contribution in [-0.2, 0) is 0 Å². The molecule has 5 heteroatoms. The Labute approximate surface area is 102 Å². The fourth-order valence-corrected chi connectivity index (χ4v) is 1.71. The van der Waals surface area contributed by atoms with Crippen LogP contribution in [0.5, 0.6) is 0 Å². The van der Waals surface area contributed by atoms with Crippen molar-refractivity contribution in [1.29, 1.82) is 0 Å². The second-order valence-electron chi connectivity index (χ2n) is 3.48. The van der Waals surface area contributed by atoms with E-state index in [-0.39, 0.29) is 6.04 Å². The predicted octanol–water partition coefficient (Wildman–Crippen LogP) is 2.91. The molecule has 1 aromatic heterocycles. The maximum atomic E-state index is 5.82. The summed E-state index contributed by atoms with van der Waals surface area (Å²) >= 11 is 3.39. The van der Waals surface area contributed by atoms with Gasteiger partial charge in [0.15, 0.2) is 5.82 Å². The van der Waals surface area contributed by atoms with Gasteiger partial charge in [-0.05, 0) is 24.6 Å². The molecule has 1 aromatic carbocycles. The topological polar surface area (TPSA) is 64.9 Å². The molecule has 0 aliphatic carbocycles. The minimum atomic E-state index is -0.162. The third-order valence-corrected chi connectivity index (χ3v) is 2.78. The van der Waals surface area contributed by atoms with Gasteiger partial charge in [0.1, 0.15) is 0 Å². The standard InChI is InChI=1S/C11H12BrN3O/c1-2-9(13)10-14-11(16-15-10)7-4-3-5-8(12)6-7/h3-6,9H,2,13H2,1H3/t9-/m0/s1. The molecule has 16 heavy (non-hydrogen) atoms. The molecule has 0 aliphatic heterocycles. The molecule has 84 valence electrons. The van der Waals surface area contributed by atoms with E-state index in [9.17, 15) is 0 Å². The van der Waals surface area contributed by atoms with Gasteiger partial charge in [-0.25, -0.2) is 0 Å². The fraction of sp³-hybridized carbons (Fsp3) is 0.273. The van der Waals surface area contributed by atoms with E-state index in [1.165, 1.54) is 0 Å². The monoisotopic (exact) mass is 281 g/mol. The van der Waals surface area contributed by atoms with Crippen LogP contribution in [-0.4, -0.2) is 10.1 Å². The quantitative estimate of drug-likeness (QED) is 0.940. The Morgan fingerprint density at radius 2 is 2.31 bits per heavy atom. The Morgan fingerprint density at radius 1 is 1.50 bits per heavy atom. The second-order valence-corrected chi connectivity index (χ2v) is 4.40. The molecule has 0 saturated heterocycles. The first-order valence-electron chi connectivity index (χ1n) is 5.06. The van der Waals surface area contributed by atoms with Gasteiger partial charge in [0.25, 0.3) is 5.89 Å². The summed E-state index contributed by atoms with van der Waals surface area (Å²) in [7, 11) is 0. The van der Waals surface area contributed by atoms with E-state index in [2.05, 4.69) is 26.1 Å². The first-order valence-corrected chi connectivity index (χ1v) is 5.85. The van der Waals surface area contributed by atoms with E-state index in [1.807, 2.05) is 31.2 Å². The Hall–Kier alpha value is -1.20. The van der Waals surface area contributed by atoms with Crippen molar-refractivity contribution in [2.45, 2.75) is 19.4 Å². The van der Waals surface area contributed by atoms with Crippen LogP contribution in [0.1, 0.15) is 25.2 Å². The fourth-order valence-electron chi connectivity index (χ4n) is 1.31. The molecule has 0 aliphatic rings. The molecule has 2 aromatic rings. The Balaban J connectivity index is 2.31. The smallest absolute Gasteiger partial charge is 0.258 e. The zero-order valence-corrected chi connectivity index (χ0v) is 10.4. The average molecular weight is 282 g/mol. The highest BCUT2D eigenvalue weighted by atomic mass is 79.9. The van der Waals surface area contributed by atoms with Gasteiger partial charge in [-0.2, -0.15) is 4.98 Å². The largest absolute Gasteiger partial charge is 0.334 e. The second kappa shape index (κ2) is 4.76. The molecule has 0 spiro atoms. The van der Waals surface area contributed by atoms with Gasteiger partial charge in [-0.3, -0.25) is 0 Å². The lowest BCUT2D eigenvalue weighted by Gasteiger charge is -1.99. The van der Waals surface area contributed by atoms with Crippen molar-refractivity contribution in [2.75, 3.05) is 0 Å². The van der Waals surface area contributed by atoms with Gasteiger partial charge in [0, 0.05) is 10.0 Å². The van der Waals surface area contributed by atoms with Gasteiger partial charge >= 0.3 is 0 Å². The number of nitrogens with zero attached hydrogens (tertiary/aromatic N) is 2. The van der Waals surface area contributed by atoms with E-state index in [0.29, 0.717) is 11.7 Å². The molecule has 0 fully saturated rings. The minimum Gasteiger partial charge on any atom is -0.334 e. The van der Waals surface area contributed by atoms with Crippen LogP contribution in [0.3, 0.4) is 0 Å². The number of hydrogen-bond donors (Lipinski definition) is 1. The summed E-state index contributed by atoms with van der Waals surface area (Å²) in [5, 5.41) is 3.87. The molecule has 0 radical (unpaired) electrons. The van der Waals surface area contributed by atoms with Crippen LogP contribution < -0.4 is 5.73 Å². The van der Waals surface area contributed by atoms with Gasteiger partial charge in [-0.15, -0.1) is 0 Å². The number of aromatic nitrogens is 2. The highest BCUT2D eigenvalue weighted by Crippen LogP contribution is 2.22. The Kier molecular flexibility index (Phi) is 3.36. The molecule has 2 N–H and O–H groups in total. The van der Waals surface area contributed by atoms with E-state index in [0.717, 1.165) is 16.5 Å². The van der Waals surface area contributed by atoms with Gasteiger partial charge in [-0.1, -0.05) is 34.1 Å². The lowest BCUT2D eigenvalue weighted by molar-refractivity contribution is 0.415. The van der Waals surface area contributed by atoms with Gasteiger partial charge in [0.2, 0.25) is 0 Å². The summed E-state index contributed by atoms with van der Waals surface area (Å²) in [5.41, 5.74) is 6.71. The van der Waals surface area contributed by atoms with Gasteiger partial charge < -0.3 is 10.3 Å². The normalized spacial score (nSPS) is 12.7. The summed E-state index contributed by atoms with van der Waals surface area (Å²) < 4.78 is 6.14. The number of nitrogens with two attached hydrogens (primary N) is 1. The van der Waals surface area contributed by atoms with Crippen molar-refractivity contribution in [3.8, 4) is 11.5 Å². The molecule has 0 bridgehead atoms.